The van der Waals surface area contributed by atoms with Crippen LogP contribution in [-0.4, -0.2) is 10.2 Å². The van der Waals surface area contributed by atoms with Crippen LogP contribution in [0.1, 0.15) is 0 Å². The molecule has 0 aromatic carbocycles. The first-order valence-corrected chi connectivity index (χ1v) is 1.10. The molecule has 0 aliphatic carbocycles. The van der Waals surface area contributed by atoms with Crippen molar-refractivity contribution in [2.45, 2.75) is 0 Å². The van der Waals surface area contributed by atoms with Crippen LogP contribution in [0.3, 0.4) is 0 Å². The minimum atomic E-state index is -1.75. The number of hydrogen-bond donors (Lipinski definition) is 0. The maximum atomic E-state index is 8.25. The molecule has 0 aliphatic heterocycles. The standard InChI is InChI=1S/Co.2NO3.6N/c;2*2-1(3)4;;;;;;/q+2;2*-1;;;;;;. The third kappa shape index (κ3) is 810. The van der Waals surface area contributed by atoms with Crippen LogP contribution in [0.2, 0.25) is 0 Å². The minimum absolute atomic E-state index is 0. The predicted octanol–water partition coefficient (Wildman–Crippen LogP) is -3.36. The molecule has 0 N–H and O–H groups in total. The molecule has 0 aromatic heterocycles. The number of hydrogen-bond acceptors (Lipinski definition) is 6. The Balaban J connectivity index is -0.00000000468. The Morgan fingerprint density at radius 3 is 0.533 bits per heavy atom. The first-order chi connectivity index (χ1) is 3.46. The normalized spacial score (nSPS) is 3.20. The molecule has 0 aromatic rings. The Morgan fingerprint density at radius 1 is 0.533 bits per heavy atom. The van der Waals surface area contributed by atoms with Crippen molar-refractivity contribution in [2.75, 3.05) is 0 Å². The maximum absolute atomic E-state index is 8.25. The monoisotopic (exact) mass is 267 g/mol. The van der Waals surface area contributed by atoms with Gasteiger partial charge in [0.25, 0.3) is 0 Å². The second kappa shape index (κ2) is 79.2. The smallest absolute Gasteiger partial charge is 0.356 e. The topological polar surface area (TPSA) is 315 Å². The zero-order valence-electron chi connectivity index (χ0n) is 6.36. The van der Waals surface area contributed by atoms with E-state index in [-0.39, 0.29) is 53.7 Å². The van der Waals surface area contributed by atoms with Crippen LogP contribution in [0, 0.1) is 30.6 Å². The molecular weight excluding hydrogens is 267 g/mol. The summed E-state index contributed by atoms with van der Waals surface area (Å²) in [5.41, 5.74) is 0. The third-order valence-electron chi connectivity index (χ3n) is 0. The summed E-state index contributed by atoms with van der Waals surface area (Å²) < 4.78 is 0. The van der Waals surface area contributed by atoms with Crippen LogP contribution >= 0.6 is 0 Å². The van der Waals surface area contributed by atoms with E-state index >= 15 is 0 Å². The third-order valence-corrected chi connectivity index (χ3v) is 0. The molecule has 15 heavy (non-hydrogen) atoms. The summed E-state index contributed by atoms with van der Waals surface area (Å²) in [4.78, 5) is 16.5. The molecular formula is CoN8O6. The van der Waals surface area contributed by atoms with E-state index in [0.29, 0.717) is 0 Å². The second-order valence-corrected chi connectivity index (χ2v) is 0.447. The fraction of sp³-hybridized carbons (Fsp3) is 0. The molecule has 0 spiro atoms. The Bertz CT molecular complexity index is 77.1. The van der Waals surface area contributed by atoms with Gasteiger partial charge in [-0.2, -0.15) is 0 Å². The maximum Gasteiger partial charge on any atom is 2.00 e. The van der Waals surface area contributed by atoms with Crippen LogP contribution in [0.15, 0.2) is 0 Å². The number of rotatable bonds is 0. The Labute approximate surface area is 95.3 Å². The molecule has 0 bridgehead atoms. The molecule has 0 saturated heterocycles. The van der Waals surface area contributed by atoms with Crippen molar-refractivity contribution in [3.05, 3.63) is 30.6 Å². The summed E-state index contributed by atoms with van der Waals surface area (Å²) in [6.45, 7) is 0. The van der Waals surface area contributed by atoms with Crippen molar-refractivity contribution in [3.8, 4) is 0 Å². The first-order valence-electron chi connectivity index (χ1n) is 1.10. The van der Waals surface area contributed by atoms with E-state index < -0.39 is 10.2 Å². The van der Waals surface area contributed by atoms with Crippen molar-refractivity contribution >= 4 is 0 Å². The summed E-state index contributed by atoms with van der Waals surface area (Å²) in [5, 5.41) is 29.5. The summed E-state index contributed by atoms with van der Waals surface area (Å²) >= 11 is 0. The van der Waals surface area contributed by atoms with Gasteiger partial charge in [0.15, 0.2) is 0 Å². The minimum Gasteiger partial charge on any atom is -0.356 e. The van der Waals surface area contributed by atoms with Crippen molar-refractivity contribution in [2.24, 2.45) is 0 Å². The fourth-order valence-corrected chi connectivity index (χ4v) is 0. The van der Waals surface area contributed by atoms with Gasteiger partial charge in [0.2, 0.25) is 0 Å². The molecule has 19 radical (unpaired) electrons. The van der Waals surface area contributed by atoms with Gasteiger partial charge in [-0.25, -0.2) is 0 Å². The zero-order valence-corrected chi connectivity index (χ0v) is 7.40. The zero-order chi connectivity index (χ0) is 7.15. The van der Waals surface area contributed by atoms with Gasteiger partial charge in [0.05, 0.1) is 10.2 Å². The second-order valence-electron chi connectivity index (χ2n) is 0.447. The Hall–Kier alpha value is -1.33. The van der Waals surface area contributed by atoms with Gasteiger partial charge in [-0.15, -0.1) is 0 Å². The van der Waals surface area contributed by atoms with Gasteiger partial charge < -0.3 is 30.6 Å². The van der Waals surface area contributed by atoms with Gasteiger partial charge in [-0.3, -0.25) is 0 Å². The van der Waals surface area contributed by atoms with E-state index in [1.807, 2.05) is 0 Å². The van der Waals surface area contributed by atoms with E-state index in [2.05, 4.69) is 0 Å². The van der Waals surface area contributed by atoms with Crippen LogP contribution in [-0.2, 0) is 16.8 Å². The van der Waals surface area contributed by atoms with E-state index in [1.165, 1.54) is 0 Å². The fourth-order valence-electron chi connectivity index (χ4n) is 0. The summed E-state index contributed by atoms with van der Waals surface area (Å²) in [6.07, 6.45) is 0. The summed E-state index contributed by atoms with van der Waals surface area (Å²) in [6, 6.07) is 0. The molecule has 0 unspecified atom stereocenters. The van der Waals surface area contributed by atoms with Crippen LogP contribution < -0.4 is 36.9 Å². The van der Waals surface area contributed by atoms with Gasteiger partial charge in [0.1, 0.15) is 0 Å². The molecule has 0 aliphatic rings. The van der Waals surface area contributed by atoms with Gasteiger partial charge in [0, 0.05) is 36.9 Å². The summed E-state index contributed by atoms with van der Waals surface area (Å²) in [7, 11) is 0. The van der Waals surface area contributed by atoms with E-state index in [1.54, 1.807) is 0 Å². The van der Waals surface area contributed by atoms with Crippen molar-refractivity contribution in [1.29, 1.82) is 0 Å². The van der Waals surface area contributed by atoms with Crippen LogP contribution in [0.5, 0.6) is 0 Å². The van der Waals surface area contributed by atoms with Crippen LogP contribution in [0.25, 0.3) is 0 Å². The van der Waals surface area contributed by atoms with Gasteiger partial charge in [-0.1, -0.05) is 0 Å². The van der Waals surface area contributed by atoms with Crippen molar-refractivity contribution in [1.82, 2.24) is 36.9 Å². The molecule has 0 atom stereocenters. The average Bonchev–Trinajstić information content (AvgIpc) is 1.25. The van der Waals surface area contributed by atoms with Gasteiger partial charge in [-0.05, 0) is 0 Å². The Morgan fingerprint density at radius 2 is 0.533 bits per heavy atom. The number of nitrogens with zero attached hydrogens (tertiary/aromatic N) is 8. The molecule has 0 rings (SSSR count). The quantitative estimate of drug-likeness (QED) is 0.317. The SMILES string of the molecule is O=[N+]([O-])[O-].O=[N+]([O-])[O-].[Co+2].[N].[N].[N].[N].[N].[N]. The van der Waals surface area contributed by atoms with Crippen LogP contribution in [0.4, 0.5) is 0 Å². The molecule has 0 heterocycles. The average molecular weight is 267 g/mol. The van der Waals surface area contributed by atoms with E-state index in [0.717, 1.165) is 0 Å². The first kappa shape index (κ1) is 101. The van der Waals surface area contributed by atoms with Gasteiger partial charge >= 0.3 is 16.8 Å². The molecule has 85 valence electrons. The van der Waals surface area contributed by atoms with Crippen molar-refractivity contribution in [3.63, 3.8) is 0 Å². The molecule has 0 amide bonds. The van der Waals surface area contributed by atoms with Crippen molar-refractivity contribution < 1.29 is 27.0 Å². The van der Waals surface area contributed by atoms with E-state index in [9.17, 15) is 0 Å². The molecule has 0 fully saturated rings. The molecule has 15 heteroatoms. The predicted molar refractivity (Wildman–Crippen MR) is 33.5 cm³/mol. The summed E-state index contributed by atoms with van der Waals surface area (Å²) in [5.74, 6) is 0. The molecule has 14 nitrogen and oxygen atoms in total. The Kier molecular flexibility index (Phi) is 531. The van der Waals surface area contributed by atoms with E-state index in [4.69, 9.17) is 30.6 Å². The molecule has 0 saturated carbocycles. The largest absolute Gasteiger partial charge is 2.00 e.